The molecule has 2 bridgehead atoms. The number of benzene rings is 7. The first-order valence-corrected chi connectivity index (χ1v) is 21.2. The molecule has 0 saturated heterocycles. The van der Waals surface area contributed by atoms with Crippen LogP contribution in [0.5, 0.6) is 0 Å². The van der Waals surface area contributed by atoms with Gasteiger partial charge >= 0.3 is 0 Å². The maximum Gasteiger partial charge on any atom is 0.0471 e. The molecule has 272 valence electrons. The van der Waals surface area contributed by atoms with Gasteiger partial charge in [-0.05, 0) is 164 Å². The summed E-state index contributed by atoms with van der Waals surface area (Å²) in [7, 11) is 0. The van der Waals surface area contributed by atoms with Crippen LogP contribution >= 0.6 is 0 Å². The van der Waals surface area contributed by atoms with Gasteiger partial charge in [-0.1, -0.05) is 137 Å². The van der Waals surface area contributed by atoms with Gasteiger partial charge in [-0.3, -0.25) is 0 Å². The summed E-state index contributed by atoms with van der Waals surface area (Å²) in [6.45, 7) is 4.84. The molecule has 4 aliphatic rings. The monoisotopic (exact) mass is 713 g/mol. The summed E-state index contributed by atoms with van der Waals surface area (Å²) >= 11 is 0. The highest BCUT2D eigenvalue weighted by Crippen LogP contribution is 2.56. The topological polar surface area (TPSA) is 3.24 Å². The van der Waals surface area contributed by atoms with Crippen molar-refractivity contribution < 1.29 is 0 Å². The Morgan fingerprint density at radius 3 is 2.04 bits per heavy atom. The lowest BCUT2D eigenvalue weighted by Gasteiger charge is -2.30. The average Bonchev–Trinajstić information content (AvgIpc) is 3.94. The Kier molecular flexibility index (Phi) is 7.84. The van der Waals surface area contributed by atoms with E-state index in [1.165, 1.54) is 141 Å². The molecule has 3 atom stereocenters. The van der Waals surface area contributed by atoms with Gasteiger partial charge in [-0.15, -0.1) is 0 Å². The lowest BCUT2D eigenvalue weighted by molar-refractivity contribution is 0.420. The van der Waals surface area contributed by atoms with Crippen molar-refractivity contribution in [3.05, 3.63) is 162 Å². The summed E-state index contributed by atoms with van der Waals surface area (Å²) in [5.74, 6) is 3.21. The van der Waals surface area contributed by atoms with Crippen LogP contribution in [0, 0.1) is 11.8 Å². The van der Waals surface area contributed by atoms with Gasteiger partial charge in [0.1, 0.15) is 0 Å². The van der Waals surface area contributed by atoms with Crippen molar-refractivity contribution in [2.75, 3.05) is 4.90 Å². The number of anilines is 3. The van der Waals surface area contributed by atoms with Gasteiger partial charge in [0, 0.05) is 22.5 Å². The van der Waals surface area contributed by atoms with Crippen LogP contribution in [0.3, 0.4) is 0 Å². The highest BCUT2D eigenvalue weighted by molar-refractivity contribution is 5.99. The fraction of sp³-hybridized carbons (Fsp3) is 0.296. The van der Waals surface area contributed by atoms with Crippen molar-refractivity contribution in [3.63, 3.8) is 0 Å². The molecular formula is C54H51N. The Morgan fingerprint density at radius 2 is 1.22 bits per heavy atom. The van der Waals surface area contributed by atoms with Gasteiger partial charge < -0.3 is 4.90 Å². The van der Waals surface area contributed by atoms with Gasteiger partial charge in [0.15, 0.2) is 0 Å². The third kappa shape index (κ3) is 5.56. The van der Waals surface area contributed by atoms with Gasteiger partial charge in [0.05, 0.1) is 0 Å². The van der Waals surface area contributed by atoms with Gasteiger partial charge in [0.25, 0.3) is 0 Å². The summed E-state index contributed by atoms with van der Waals surface area (Å²) in [6.07, 6.45) is 12.4. The summed E-state index contributed by atoms with van der Waals surface area (Å²) in [5.41, 5.74) is 14.7. The smallest absolute Gasteiger partial charge is 0.0471 e. The summed E-state index contributed by atoms with van der Waals surface area (Å²) < 4.78 is 0. The zero-order chi connectivity index (χ0) is 36.7. The molecule has 3 unspecified atom stereocenters. The molecule has 1 nitrogen and oxygen atoms in total. The van der Waals surface area contributed by atoms with Crippen molar-refractivity contribution in [2.45, 2.75) is 88.9 Å². The molecule has 1 heteroatoms. The first-order chi connectivity index (χ1) is 27.0. The van der Waals surface area contributed by atoms with Crippen LogP contribution in [0.2, 0.25) is 0 Å². The van der Waals surface area contributed by atoms with Crippen LogP contribution in [0.4, 0.5) is 17.1 Å². The van der Waals surface area contributed by atoms with Crippen LogP contribution in [-0.2, 0) is 5.41 Å². The average molecular weight is 714 g/mol. The Labute approximate surface area is 327 Å². The van der Waals surface area contributed by atoms with E-state index < -0.39 is 0 Å². The van der Waals surface area contributed by atoms with Crippen LogP contribution in [0.1, 0.15) is 106 Å². The number of hydrogen-bond acceptors (Lipinski definition) is 1. The van der Waals surface area contributed by atoms with E-state index in [4.69, 9.17) is 0 Å². The predicted octanol–water partition coefficient (Wildman–Crippen LogP) is 15.4. The molecule has 3 fully saturated rings. The number of fused-ring (bicyclic) bond motifs is 7. The van der Waals surface area contributed by atoms with Crippen LogP contribution in [0.15, 0.2) is 140 Å². The van der Waals surface area contributed by atoms with E-state index in [1.807, 2.05) is 0 Å². The zero-order valence-electron chi connectivity index (χ0n) is 32.4. The highest BCUT2D eigenvalue weighted by Gasteiger charge is 2.40. The van der Waals surface area contributed by atoms with Crippen molar-refractivity contribution in [1.29, 1.82) is 0 Å². The van der Waals surface area contributed by atoms with E-state index in [-0.39, 0.29) is 5.41 Å². The summed E-state index contributed by atoms with van der Waals surface area (Å²) in [4.78, 5) is 2.56. The number of hydrogen-bond donors (Lipinski definition) is 0. The second-order valence-electron chi connectivity index (χ2n) is 18.0. The highest BCUT2D eigenvalue weighted by atomic mass is 15.1. The Bertz CT molecular complexity index is 2580. The molecule has 11 rings (SSSR count). The predicted molar refractivity (Wildman–Crippen MR) is 233 cm³/mol. The molecule has 0 N–H and O–H groups in total. The molecule has 0 amide bonds. The molecule has 3 saturated carbocycles. The first kappa shape index (κ1) is 33.2. The fourth-order valence-corrected chi connectivity index (χ4v) is 11.6. The van der Waals surface area contributed by atoms with Crippen LogP contribution in [-0.4, -0.2) is 0 Å². The minimum atomic E-state index is -0.136. The van der Waals surface area contributed by atoms with Crippen molar-refractivity contribution in [2.24, 2.45) is 11.8 Å². The van der Waals surface area contributed by atoms with E-state index in [0.29, 0.717) is 5.92 Å². The van der Waals surface area contributed by atoms with Crippen molar-refractivity contribution in [3.8, 4) is 22.3 Å². The molecule has 0 heterocycles. The normalized spacial score (nSPS) is 21.2. The largest absolute Gasteiger partial charge is 0.310 e. The molecule has 0 radical (unpaired) electrons. The van der Waals surface area contributed by atoms with E-state index >= 15 is 0 Å². The first-order valence-electron chi connectivity index (χ1n) is 21.2. The van der Waals surface area contributed by atoms with Crippen molar-refractivity contribution in [1.82, 2.24) is 0 Å². The zero-order valence-corrected chi connectivity index (χ0v) is 32.4. The Balaban J connectivity index is 1.11. The molecule has 7 aromatic carbocycles. The van der Waals surface area contributed by atoms with E-state index in [1.54, 1.807) is 0 Å². The standard InChI is InChI=1S/C54H51N/c1-54(2)51-15-9-8-14-48(51)53-50(43-21-19-37-12-6-7-13-40(37)30-43)33-47(34-52(53)54)55(45-25-23-39(24-26-45)49-29-35-16-17-42(49)28-35)46-27-22-38-18-20-41(31-44(38)32-46)36-10-4-3-5-11-36/h6-9,12-15,18-27,30-36,42,49H,3-5,10-11,16-17,28-29H2,1-2H3. The van der Waals surface area contributed by atoms with E-state index in [0.717, 1.165) is 17.8 Å². The maximum absolute atomic E-state index is 2.56. The number of rotatable bonds is 6. The van der Waals surface area contributed by atoms with Crippen molar-refractivity contribution >= 4 is 38.6 Å². The summed E-state index contributed by atoms with van der Waals surface area (Å²) in [6, 6.07) is 54.2. The van der Waals surface area contributed by atoms with Gasteiger partial charge in [-0.2, -0.15) is 0 Å². The van der Waals surface area contributed by atoms with Gasteiger partial charge in [0.2, 0.25) is 0 Å². The molecular weight excluding hydrogens is 663 g/mol. The fourth-order valence-electron chi connectivity index (χ4n) is 11.6. The number of nitrogens with zero attached hydrogens (tertiary/aromatic N) is 1. The molecule has 0 aliphatic heterocycles. The second kappa shape index (κ2) is 13.0. The second-order valence-corrected chi connectivity index (χ2v) is 18.0. The van der Waals surface area contributed by atoms with Gasteiger partial charge in [-0.25, -0.2) is 0 Å². The molecule has 0 spiro atoms. The summed E-state index contributed by atoms with van der Waals surface area (Å²) in [5, 5.41) is 5.21. The molecule has 0 aromatic heterocycles. The minimum absolute atomic E-state index is 0.136. The minimum Gasteiger partial charge on any atom is -0.310 e. The van der Waals surface area contributed by atoms with Crippen LogP contribution < -0.4 is 4.90 Å². The molecule has 4 aliphatic carbocycles. The van der Waals surface area contributed by atoms with E-state index in [2.05, 4.69) is 158 Å². The third-order valence-electron chi connectivity index (χ3n) is 14.5. The molecule has 7 aromatic rings. The molecule has 55 heavy (non-hydrogen) atoms. The van der Waals surface area contributed by atoms with Crippen LogP contribution in [0.25, 0.3) is 43.8 Å². The third-order valence-corrected chi connectivity index (χ3v) is 14.5. The Hall–Kier alpha value is -5.14. The lowest BCUT2D eigenvalue weighted by Crippen LogP contribution is -2.17. The maximum atomic E-state index is 2.56. The quantitative estimate of drug-likeness (QED) is 0.166. The Morgan fingerprint density at radius 1 is 0.491 bits per heavy atom. The SMILES string of the molecule is CC1(C)c2ccccc2-c2c(-c3ccc4ccccc4c3)cc(N(c3ccc(C4CC5CCC4C5)cc3)c3ccc4ccc(C5CCCCC5)cc4c3)cc21. The lowest BCUT2D eigenvalue weighted by atomic mass is 9.81. The van der Waals surface area contributed by atoms with E-state index in [9.17, 15) is 0 Å².